The third kappa shape index (κ3) is 4.57. The Morgan fingerprint density at radius 1 is 1.27 bits per heavy atom. The monoisotopic (exact) mass is 366 g/mol. The second kappa shape index (κ2) is 7.77. The van der Waals surface area contributed by atoms with Crippen LogP contribution in [0.2, 0.25) is 0 Å². The fraction of sp³-hybridized carbons (Fsp3) is 0.529. The Labute approximate surface area is 140 Å². The standard InChI is InChI=1S/C17H23BrN2O2/c1-12-10-14(18)8-9-16(12)19-17(22)11-20(13(2)21)15-6-4-3-5-7-15/h8-10,15H,3-7,11H2,1-2H3,(H,19,22). The molecule has 1 aliphatic carbocycles. The fourth-order valence-electron chi connectivity index (χ4n) is 3.00. The molecule has 0 saturated heterocycles. The van der Waals surface area contributed by atoms with Gasteiger partial charge in [0.15, 0.2) is 0 Å². The lowest BCUT2D eigenvalue weighted by atomic mass is 9.94. The molecule has 0 atom stereocenters. The molecule has 1 saturated carbocycles. The molecule has 22 heavy (non-hydrogen) atoms. The molecule has 0 spiro atoms. The molecule has 2 rings (SSSR count). The van der Waals surface area contributed by atoms with Crippen LogP contribution in [-0.4, -0.2) is 29.3 Å². The Bertz CT molecular complexity index is 554. The zero-order chi connectivity index (χ0) is 16.1. The summed E-state index contributed by atoms with van der Waals surface area (Å²) in [4.78, 5) is 25.9. The Kier molecular flexibility index (Phi) is 6.00. The Hall–Kier alpha value is -1.36. The SMILES string of the molecule is CC(=O)N(CC(=O)Nc1ccc(Br)cc1C)C1CCCCC1. The first kappa shape index (κ1) is 17.0. The number of hydrogen-bond donors (Lipinski definition) is 1. The summed E-state index contributed by atoms with van der Waals surface area (Å²) in [6, 6.07) is 5.94. The van der Waals surface area contributed by atoms with Gasteiger partial charge in [0.2, 0.25) is 11.8 Å². The van der Waals surface area contributed by atoms with E-state index < -0.39 is 0 Å². The summed E-state index contributed by atoms with van der Waals surface area (Å²) < 4.78 is 0.982. The normalized spacial score (nSPS) is 15.4. The maximum Gasteiger partial charge on any atom is 0.244 e. The molecular formula is C17H23BrN2O2. The summed E-state index contributed by atoms with van der Waals surface area (Å²) >= 11 is 3.41. The van der Waals surface area contributed by atoms with E-state index in [-0.39, 0.29) is 24.4 Å². The van der Waals surface area contributed by atoms with Crippen molar-refractivity contribution in [1.29, 1.82) is 0 Å². The van der Waals surface area contributed by atoms with Gasteiger partial charge in [-0.3, -0.25) is 9.59 Å². The number of carbonyl (C=O) groups is 2. The van der Waals surface area contributed by atoms with Crippen molar-refractivity contribution in [2.75, 3.05) is 11.9 Å². The Balaban J connectivity index is 2.00. The molecule has 0 aromatic heterocycles. The van der Waals surface area contributed by atoms with Crippen LogP contribution < -0.4 is 5.32 Å². The Morgan fingerprint density at radius 2 is 1.95 bits per heavy atom. The zero-order valence-corrected chi connectivity index (χ0v) is 14.8. The van der Waals surface area contributed by atoms with Gasteiger partial charge >= 0.3 is 0 Å². The fourth-order valence-corrected chi connectivity index (χ4v) is 3.48. The number of carbonyl (C=O) groups excluding carboxylic acids is 2. The highest BCUT2D eigenvalue weighted by Gasteiger charge is 2.25. The molecule has 0 radical (unpaired) electrons. The third-order valence-corrected chi connectivity index (χ3v) is 4.69. The number of rotatable bonds is 4. The minimum Gasteiger partial charge on any atom is -0.331 e. The number of anilines is 1. The summed E-state index contributed by atoms with van der Waals surface area (Å²) in [5.74, 6) is -0.152. The molecule has 5 heteroatoms. The topological polar surface area (TPSA) is 49.4 Å². The van der Waals surface area contributed by atoms with Crippen LogP contribution in [0.3, 0.4) is 0 Å². The van der Waals surface area contributed by atoms with Crippen LogP contribution in [0.1, 0.15) is 44.6 Å². The first-order valence-corrected chi connectivity index (χ1v) is 8.60. The maximum absolute atomic E-state index is 12.3. The second-order valence-electron chi connectivity index (χ2n) is 5.95. The van der Waals surface area contributed by atoms with Gasteiger partial charge in [-0.05, 0) is 43.5 Å². The van der Waals surface area contributed by atoms with E-state index in [0.717, 1.165) is 41.4 Å². The number of hydrogen-bond acceptors (Lipinski definition) is 2. The summed E-state index contributed by atoms with van der Waals surface area (Å²) in [5.41, 5.74) is 1.79. The van der Waals surface area contributed by atoms with Crippen molar-refractivity contribution in [2.45, 2.75) is 52.0 Å². The van der Waals surface area contributed by atoms with E-state index >= 15 is 0 Å². The smallest absolute Gasteiger partial charge is 0.244 e. The molecule has 1 fully saturated rings. The van der Waals surface area contributed by atoms with Crippen LogP contribution in [-0.2, 0) is 9.59 Å². The second-order valence-corrected chi connectivity index (χ2v) is 6.86. The lowest BCUT2D eigenvalue weighted by Gasteiger charge is -2.33. The molecule has 4 nitrogen and oxygen atoms in total. The molecule has 1 N–H and O–H groups in total. The number of amides is 2. The van der Waals surface area contributed by atoms with Gasteiger partial charge in [-0.1, -0.05) is 35.2 Å². The molecule has 1 aliphatic rings. The van der Waals surface area contributed by atoms with E-state index in [0.29, 0.717) is 0 Å². The number of aryl methyl sites for hydroxylation is 1. The van der Waals surface area contributed by atoms with Crippen molar-refractivity contribution in [2.24, 2.45) is 0 Å². The predicted octanol–water partition coefficient (Wildman–Crippen LogP) is 3.88. The van der Waals surface area contributed by atoms with Crippen LogP contribution in [0.25, 0.3) is 0 Å². The van der Waals surface area contributed by atoms with Crippen molar-refractivity contribution in [3.63, 3.8) is 0 Å². The first-order chi connectivity index (χ1) is 10.5. The van der Waals surface area contributed by atoms with Gasteiger partial charge in [-0.2, -0.15) is 0 Å². The number of nitrogens with one attached hydrogen (secondary N) is 1. The minimum atomic E-state index is -0.133. The van der Waals surface area contributed by atoms with E-state index in [1.165, 1.54) is 6.42 Å². The quantitative estimate of drug-likeness (QED) is 0.878. The molecule has 0 bridgehead atoms. The molecule has 1 aromatic carbocycles. The van der Waals surface area contributed by atoms with Gasteiger partial charge in [0, 0.05) is 23.1 Å². The van der Waals surface area contributed by atoms with Gasteiger partial charge in [-0.25, -0.2) is 0 Å². The molecule has 1 aromatic rings. The Morgan fingerprint density at radius 3 is 2.55 bits per heavy atom. The average Bonchev–Trinajstić information content (AvgIpc) is 2.48. The van der Waals surface area contributed by atoms with E-state index in [1.807, 2.05) is 25.1 Å². The van der Waals surface area contributed by atoms with Crippen molar-refractivity contribution in [3.05, 3.63) is 28.2 Å². The molecule has 0 heterocycles. The molecular weight excluding hydrogens is 344 g/mol. The van der Waals surface area contributed by atoms with E-state index in [4.69, 9.17) is 0 Å². The summed E-state index contributed by atoms with van der Waals surface area (Å²) in [5, 5.41) is 2.91. The highest BCUT2D eigenvalue weighted by atomic mass is 79.9. The van der Waals surface area contributed by atoms with Crippen LogP contribution in [0, 0.1) is 6.92 Å². The maximum atomic E-state index is 12.3. The average molecular weight is 367 g/mol. The predicted molar refractivity (Wildman–Crippen MR) is 91.8 cm³/mol. The van der Waals surface area contributed by atoms with Crippen LogP contribution in [0.15, 0.2) is 22.7 Å². The molecule has 0 aliphatic heterocycles. The number of benzene rings is 1. The molecule has 0 unspecified atom stereocenters. The highest BCUT2D eigenvalue weighted by Crippen LogP contribution is 2.23. The van der Waals surface area contributed by atoms with Crippen LogP contribution >= 0.6 is 15.9 Å². The largest absolute Gasteiger partial charge is 0.331 e. The van der Waals surface area contributed by atoms with E-state index in [2.05, 4.69) is 21.2 Å². The van der Waals surface area contributed by atoms with Crippen LogP contribution in [0.5, 0.6) is 0 Å². The van der Waals surface area contributed by atoms with Crippen molar-refractivity contribution in [3.8, 4) is 0 Å². The highest BCUT2D eigenvalue weighted by molar-refractivity contribution is 9.10. The lowest BCUT2D eigenvalue weighted by Crippen LogP contribution is -2.44. The minimum absolute atomic E-state index is 0.0189. The summed E-state index contributed by atoms with van der Waals surface area (Å²) in [7, 11) is 0. The van der Waals surface area contributed by atoms with Crippen molar-refractivity contribution in [1.82, 2.24) is 4.90 Å². The molecule has 120 valence electrons. The van der Waals surface area contributed by atoms with Gasteiger partial charge < -0.3 is 10.2 Å². The zero-order valence-electron chi connectivity index (χ0n) is 13.2. The van der Waals surface area contributed by atoms with Gasteiger partial charge in [-0.15, -0.1) is 0 Å². The summed E-state index contributed by atoms with van der Waals surface area (Å²) in [6.45, 7) is 3.63. The number of nitrogens with zero attached hydrogens (tertiary/aromatic N) is 1. The van der Waals surface area contributed by atoms with Crippen LogP contribution in [0.4, 0.5) is 5.69 Å². The van der Waals surface area contributed by atoms with Gasteiger partial charge in [0.1, 0.15) is 6.54 Å². The van der Waals surface area contributed by atoms with Crippen molar-refractivity contribution >= 4 is 33.4 Å². The third-order valence-electron chi connectivity index (χ3n) is 4.20. The number of halogens is 1. The van der Waals surface area contributed by atoms with E-state index in [1.54, 1.807) is 11.8 Å². The lowest BCUT2D eigenvalue weighted by molar-refractivity contribution is -0.135. The van der Waals surface area contributed by atoms with Gasteiger partial charge in [0.05, 0.1) is 0 Å². The summed E-state index contributed by atoms with van der Waals surface area (Å²) in [6.07, 6.45) is 5.52. The van der Waals surface area contributed by atoms with Gasteiger partial charge in [0.25, 0.3) is 0 Å². The van der Waals surface area contributed by atoms with E-state index in [9.17, 15) is 9.59 Å². The first-order valence-electron chi connectivity index (χ1n) is 7.80. The van der Waals surface area contributed by atoms with Crippen molar-refractivity contribution < 1.29 is 9.59 Å². The molecule has 2 amide bonds.